The molecule has 2 aromatic rings. The summed E-state index contributed by atoms with van der Waals surface area (Å²) in [6.07, 6.45) is 0.0806. The molecule has 0 radical (unpaired) electrons. The Kier molecular flexibility index (Phi) is 5.41. The van der Waals surface area contributed by atoms with E-state index in [0.29, 0.717) is 10.6 Å². The van der Waals surface area contributed by atoms with Gasteiger partial charge in [0.2, 0.25) is 5.78 Å². The number of rotatable bonds is 5. The number of halogens is 1. The summed E-state index contributed by atoms with van der Waals surface area (Å²) in [5, 5.41) is 0.413. The Morgan fingerprint density at radius 3 is 2.21 bits per heavy atom. The Balaban J connectivity index is 2.10. The van der Waals surface area contributed by atoms with Crippen molar-refractivity contribution in [3.05, 3.63) is 64.7 Å². The van der Waals surface area contributed by atoms with Crippen molar-refractivity contribution in [3.8, 4) is 0 Å². The van der Waals surface area contributed by atoms with E-state index in [1.807, 2.05) is 0 Å². The molecule has 0 aliphatic rings. The van der Waals surface area contributed by atoms with Gasteiger partial charge in [0.15, 0.2) is 15.9 Å². The van der Waals surface area contributed by atoms with Gasteiger partial charge in [0.25, 0.3) is 0 Å². The second-order valence-electron chi connectivity index (χ2n) is 5.22. The molecule has 2 rings (SSSR count). The monoisotopic (exact) mass is 366 g/mol. The number of Topliss-reactive ketones (excluding diaryl/α,β-unsaturated/α-hetero) is 1. The van der Waals surface area contributed by atoms with E-state index in [1.54, 1.807) is 18.2 Å². The highest BCUT2D eigenvalue weighted by atomic mass is 35.5. The summed E-state index contributed by atoms with van der Waals surface area (Å²) in [5.41, 5.74) is 0.503. The van der Waals surface area contributed by atoms with Gasteiger partial charge in [0, 0.05) is 16.8 Å². The van der Waals surface area contributed by atoms with Gasteiger partial charge in [-0.3, -0.25) is 4.79 Å². The number of ketones is 1. The van der Waals surface area contributed by atoms with Gasteiger partial charge in [-0.25, -0.2) is 13.2 Å². The molecule has 0 aliphatic carbocycles. The summed E-state index contributed by atoms with van der Waals surface area (Å²) in [5.74, 6) is -1.09. The summed E-state index contributed by atoms with van der Waals surface area (Å²) in [7, 11) is -3.34. The first kappa shape index (κ1) is 18.2. The lowest BCUT2D eigenvalue weighted by atomic mass is 10.1. The minimum atomic E-state index is -3.34. The minimum absolute atomic E-state index is 0.0992. The van der Waals surface area contributed by atoms with Gasteiger partial charge >= 0.3 is 5.97 Å². The first-order valence-corrected chi connectivity index (χ1v) is 9.26. The van der Waals surface area contributed by atoms with E-state index in [4.69, 9.17) is 16.3 Å². The number of hydrogen-bond acceptors (Lipinski definition) is 5. The molecular formula is C17H15ClO5S. The van der Waals surface area contributed by atoms with Crippen LogP contribution in [0.2, 0.25) is 5.02 Å². The number of carbonyl (C=O) groups is 2. The standard InChI is InChI=1S/C17H15ClO5S/c1-11(16(19)13-4-3-5-14(18)10-13)23-17(20)12-6-8-15(9-7-12)24(2,21)22/h3-11H,1-2H3/t11-/m0/s1. The van der Waals surface area contributed by atoms with Crippen LogP contribution >= 0.6 is 11.6 Å². The molecule has 7 heteroatoms. The molecule has 0 amide bonds. The van der Waals surface area contributed by atoms with Gasteiger partial charge in [-0.15, -0.1) is 0 Å². The molecule has 0 unspecified atom stereocenters. The molecule has 0 bridgehead atoms. The topological polar surface area (TPSA) is 77.5 Å². The first-order valence-electron chi connectivity index (χ1n) is 6.99. The molecule has 1 atom stereocenters. The molecule has 0 fully saturated rings. The predicted octanol–water partition coefficient (Wildman–Crippen LogP) is 3.17. The first-order chi connectivity index (χ1) is 11.2. The molecule has 2 aromatic carbocycles. The van der Waals surface area contributed by atoms with Crippen LogP contribution in [0.1, 0.15) is 27.6 Å². The highest BCUT2D eigenvalue weighted by Crippen LogP contribution is 2.15. The number of sulfone groups is 1. The van der Waals surface area contributed by atoms with E-state index in [9.17, 15) is 18.0 Å². The smallest absolute Gasteiger partial charge is 0.338 e. The number of esters is 1. The van der Waals surface area contributed by atoms with E-state index in [-0.39, 0.29) is 16.2 Å². The summed E-state index contributed by atoms with van der Waals surface area (Å²) < 4.78 is 27.9. The Morgan fingerprint density at radius 2 is 1.67 bits per heavy atom. The third-order valence-electron chi connectivity index (χ3n) is 3.28. The zero-order chi connectivity index (χ0) is 17.9. The lowest BCUT2D eigenvalue weighted by molar-refractivity contribution is 0.0318. The summed E-state index contributed by atoms with van der Waals surface area (Å²) in [6.45, 7) is 1.46. The fraction of sp³-hybridized carbons (Fsp3) is 0.176. The number of ether oxygens (including phenoxy) is 1. The van der Waals surface area contributed by atoms with E-state index in [2.05, 4.69) is 0 Å². The third-order valence-corrected chi connectivity index (χ3v) is 4.64. The van der Waals surface area contributed by atoms with Gasteiger partial charge < -0.3 is 4.74 Å². The van der Waals surface area contributed by atoms with Crippen molar-refractivity contribution in [3.63, 3.8) is 0 Å². The Morgan fingerprint density at radius 1 is 1.04 bits per heavy atom. The molecule has 0 aliphatic heterocycles. The minimum Gasteiger partial charge on any atom is -0.451 e. The highest BCUT2D eigenvalue weighted by molar-refractivity contribution is 7.90. The average Bonchev–Trinajstić information content (AvgIpc) is 2.53. The number of benzene rings is 2. The number of carbonyl (C=O) groups excluding carboxylic acids is 2. The average molecular weight is 367 g/mol. The van der Waals surface area contributed by atoms with Crippen molar-refractivity contribution in [2.75, 3.05) is 6.26 Å². The molecule has 0 saturated heterocycles. The van der Waals surface area contributed by atoms with Crippen LogP contribution in [0.15, 0.2) is 53.4 Å². The van der Waals surface area contributed by atoms with Crippen molar-refractivity contribution in [2.45, 2.75) is 17.9 Å². The van der Waals surface area contributed by atoms with Crippen molar-refractivity contribution >= 4 is 33.2 Å². The zero-order valence-electron chi connectivity index (χ0n) is 13.0. The molecule has 126 valence electrons. The van der Waals surface area contributed by atoms with Gasteiger partial charge in [-0.1, -0.05) is 23.7 Å². The Labute approximate surface area is 145 Å². The van der Waals surface area contributed by atoms with Crippen LogP contribution < -0.4 is 0 Å². The van der Waals surface area contributed by atoms with Crippen molar-refractivity contribution < 1.29 is 22.7 Å². The Bertz CT molecular complexity index is 872. The van der Waals surface area contributed by atoms with Crippen molar-refractivity contribution in [1.29, 1.82) is 0 Å². The van der Waals surface area contributed by atoms with Crippen LogP contribution in [-0.2, 0) is 14.6 Å². The van der Waals surface area contributed by atoms with Gasteiger partial charge in [0.1, 0.15) is 0 Å². The largest absolute Gasteiger partial charge is 0.451 e. The predicted molar refractivity (Wildman–Crippen MR) is 90.2 cm³/mol. The maximum absolute atomic E-state index is 12.2. The lowest BCUT2D eigenvalue weighted by Gasteiger charge is -2.12. The second-order valence-corrected chi connectivity index (χ2v) is 7.67. The van der Waals surface area contributed by atoms with Crippen LogP contribution in [0, 0.1) is 0 Å². The molecule has 0 saturated carbocycles. The van der Waals surface area contributed by atoms with Crippen molar-refractivity contribution in [1.82, 2.24) is 0 Å². The fourth-order valence-corrected chi connectivity index (χ4v) is 2.82. The van der Waals surface area contributed by atoms with Crippen LogP contribution in [0.5, 0.6) is 0 Å². The maximum atomic E-state index is 12.2. The fourth-order valence-electron chi connectivity index (χ4n) is 2.00. The third kappa shape index (κ3) is 4.43. The summed E-state index contributed by atoms with van der Waals surface area (Å²) >= 11 is 5.84. The molecule has 24 heavy (non-hydrogen) atoms. The van der Waals surface area contributed by atoms with E-state index >= 15 is 0 Å². The summed E-state index contributed by atoms with van der Waals surface area (Å²) in [4.78, 5) is 24.4. The molecule has 0 heterocycles. The van der Waals surface area contributed by atoms with Gasteiger partial charge in [0.05, 0.1) is 10.5 Å². The van der Waals surface area contributed by atoms with E-state index < -0.39 is 21.9 Å². The Hall–Kier alpha value is -2.18. The molecule has 0 spiro atoms. The van der Waals surface area contributed by atoms with Crippen LogP contribution in [-0.4, -0.2) is 32.5 Å². The normalized spacial score (nSPS) is 12.5. The molecule has 5 nitrogen and oxygen atoms in total. The lowest BCUT2D eigenvalue weighted by Crippen LogP contribution is -2.24. The molecular weight excluding hydrogens is 352 g/mol. The quantitative estimate of drug-likeness (QED) is 0.600. The van der Waals surface area contributed by atoms with Crippen LogP contribution in [0.4, 0.5) is 0 Å². The van der Waals surface area contributed by atoms with Crippen LogP contribution in [0.3, 0.4) is 0 Å². The maximum Gasteiger partial charge on any atom is 0.338 e. The second kappa shape index (κ2) is 7.15. The highest BCUT2D eigenvalue weighted by Gasteiger charge is 2.21. The summed E-state index contributed by atoms with van der Waals surface area (Å²) in [6, 6.07) is 11.7. The van der Waals surface area contributed by atoms with E-state index in [0.717, 1.165) is 6.26 Å². The van der Waals surface area contributed by atoms with Crippen molar-refractivity contribution in [2.24, 2.45) is 0 Å². The van der Waals surface area contributed by atoms with Gasteiger partial charge in [-0.05, 0) is 43.3 Å². The van der Waals surface area contributed by atoms with E-state index in [1.165, 1.54) is 37.3 Å². The molecule has 0 aromatic heterocycles. The SMILES string of the molecule is C[C@H](OC(=O)c1ccc(S(C)(=O)=O)cc1)C(=O)c1cccc(Cl)c1. The van der Waals surface area contributed by atoms with Gasteiger partial charge in [-0.2, -0.15) is 0 Å². The molecule has 0 N–H and O–H groups in total. The zero-order valence-corrected chi connectivity index (χ0v) is 14.6. The number of hydrogen-bond donors (Lipinski definition) is 0. The van der Waals surface area contributed by atoms with Crippen LogP contribution in [0.25, 0.3) is 0 Å².